The first-order valence-corrected chi connectivity index (χ1v) is 6.65. The minimum Gasteiger partial charge on any atom is -0.478 e. The smallest absolute Gasteiger partial charge is 0.336 e. The standard InChI is InChI=1S/C15H19NO5/c1-4-21-11(17)7-8-16-14(18)12-9(2)5-6-10(3)13(12)15(19)20/h5-6H,4,7-8H2,1-3H3,(H,16,18)(H,19,20). The van der Waals surface area contributed by atoms with Crippen LogP contribution in [0.3, 0.4) is 0 Å². The van der Waals surface area contributed by atoms with Crippen molar-refractivity contribution in [2.75, 3.05) is 13.2 Å². The number of carboxylic acids is 1. The highest BCUT2D eigenvalue weighted by Gasteiger charge is 2.21. The van der Waals surface area contributed by atoms with E-state index in [0.29, 0.717) is 11.1 Å². The van der Waals surface area contributed by atoms with Crippen molar-refractivity contribution in [1.29, 1.82) is 0 Å². The zero-order chi connectivity index (χ0) is 16.0. The molecule has 2 N–H and O–H groups in total. The van der Waals surface area contributed by atoms with Gasteiger partial charge in [0.2, 0.25) is 0 Å². The zero-order valence-electron chi connectivity index (χ0n) is 12.4. The lowest BCUT2D eigenvalue weighted by Gasteiger charge is -2.12. The molecule has 0 saturated heterocycles. The third kappa shape index (κ3) is 4.30. The summed E-state index contributed by atoms with van der Waals surface area (Å²) in [5.74, 6) is -2.05. The molecule has 0 unspecified atom stereocenters. The van der Waals surface area contributed by atoms with E-state index in [2.05, 4.69) is 5.32 Å². The van der Waals surface area contributed by atoms with Crippen LogP contribution in [0.2, 0.25) is 0 Å². The summed E-state index contributed by atoms with van der Waals surface area (Å²) >= 11 is 0. The van der Waals surface area contributed by atoms with Crippen molar-refractivity contribution in [1.82, 2.24) is 5.32 Å². The maximum Gasteiger partial charge on any atom is 0.336 e. The number of carboxylic acid groups (broad SMARTS) is 1. The Bertz CT molecular complexity index is 565. The molecule has 0 aliphatic heterocycles. The lowest BCUT2D eigenvalue weighted by atomic mass is 9.96. The minimum absolute atomic E-state index is 0.0105. The van der Waals surface area contributed by atoms with Gasteiger partial charge in [-0.15, -0.1) is 0 Å². The monoisotopic (exact) mass is 293 g/mol. The Kier molecular flexibility index (Phi) is 5.90. The van der Waals surface area contributed by atoms with Crippen molar-refractivity contribution < 1.29 is 24.2 Å². The second-order valence-electron chi connectivity index (χ2n) is 4.57. The van der Waals surface area contributed by atoms with Crippen molar-refractivity contribution in [2.45, 2.75) is 27.2 Å². The van der Waals surface area contributed by atoms with Crippen LogP contribution in [-0.2, 0) is 9.53 Å². The fourth-order valence-corrected chi connectivity index (χ4v) is 1.98. The number of hydrogen-bond acceptors (Lipinski definition) is 4. The first kappa shape index (κ1) is 16.7. The van der Waals surface area contributed by atoms with Gasteiger partial charge in [-0.3, -0.25) is 9.59 Å². The SMILES string of the molecule is CCOC(=O)CCNC(=O)c1c(C)ccc(C)c1C(=O)O. The van der Waals surface area contributed by atoms with Crippen molar-refractivity contribution in [3.05, 3.63) is 34.4 Å². The van der Waals surface area contributed by atoms with Crippen molar-refractivity contribution in [2.24, 2.45) is 0 Å². The largest absolute Gasteiger partial charge is 0.478 e. The Morgan fingerprint density at radius 3 is 2.24 bits per heavy atom. The van der Waals surface area contributed by atoms with E-state index >= 15 is 0 Å². The molecule has 21 heavy (non-hydrogen) atoms. The summed E-state index contributed by atoms with van der Waals surface area (Å²) in [5, 5.41) is 11.8. The summed E-state index contributed by atoms with van der Waals surface area (Å²) in [6.45, 7) is 5.40. The van der Waals surface area contributed by atoms with Crippen molar-refractivity contribution in [3.63, 3.8) is 0 Å². The van der Waals surface area contributed by atoms with Gasteiger partial charge in [0.1, 0.15) is 0 Å². The predicted molar refractivity (Wildman–Crippen MR) is 76.5 cm³/mol. The Hall–Kier alpha value is -2.37. The van der Waals surface area contributed by atoms with Gasteiger partial charge in [-0.2, -0.15) is 0 Å². The van der Waals surface area contributed by atoms with E-state index in [-0.39, 0.29) is 30.7 Å². The van der Waals surface area contributed by atoms with Crippen LogP contribution in [-0.4, -0.2) is 36.1 Å². The predicted octanol–water partition coefficient (Wildman–Crippen LogP) is 1.68. The van der Waals surface area contributed by atoms with Crippen LogP contribution in [0.5, 0.6) is 0 Å². The number of esters is 1. The third-order valence-corrected chi connectivity index (χ3v) is 2.98. The summed E-state index contributed by atoms with van der Waals surface area (Å²) < 4.78 is 4.75. The van der Waals surface area contributed by atoms with Crippen LogP contribution in [0.15, 0.2) is 12.1 Å². The number of rotatable bonds is 6. The Morgan fingerprint density at radius 2 is 1.71 bits per heavy atom. The van der Waals surface area contributed by atoms with Gasteiger partial charge in [0.25, 0.3) is 5.91 Å². The van der Waals surface area contributed by atoms with Gasteiger partial charge in [0.05, 0.1) is 24.2 Å². The molecule has 1 amide bonds. The van der Waals surface area contributed by atoms with E-state index in [1.807, 2.05) is 0 Å². The fraction of sp³-hybridized carbons (Fsp3) is 0.400. The summed E-state index contributed by atoms with van der Waals surface area (Å²) in [7, 11) is 0. The van der Waals surface area contributed by atoms with Crippen LogP contribution >= 0.6 is 0 Å². The molecule has 0 radical (unpaired) electrons. The van der Waals surface area contributed by atoms with E-state index in [9.17, 15) is 19.5 Å². The lowest BCUT2D eigenvalue weighted by Crippen LogP contribution is -2.29. The molecule has 0 heterocycles. The van der Waals surface area contributed by atoms with E-state index < -0.39 is 17.8 Å². The molecular weight excluding hydrogens is 274 g/mol. The lowest BCUT2D eigenvalue weighted by molar-refractivity contribution is -0.142. The highest BCUT2D eigenvalue weighted by Crippen LogP contribution is 2.18. The molecule has 6 heteroatoms. The molecule has 0 bridgehead atoms. The number of carbonyl (C=O) groups excluding carboxylic acids is 2. The molecule has 6 nitrogen and oxygen atoms in total. The Labute approximate surface area is 123 Å². The number of hydrogen-bond donors (Lipinski definition) is 2. The molecule has 0 spiro atoms. The maximum atomic E-state index is 12.2. The molecule has 1 aromatic rings. The maximum absolute atomic E-state index is 12.2. The first-order valence-electron chi connectivity index (χ1n) is 6.65. The first-order chi connectivity index (χ1) is 9.88. The molecule has 0 saturated carbocycles. The van der Waals surface area contributed by atoms with E-state index in [1.165, 1.54) is 0 Å². The van der Waals surface area contributed by atoms with E-state index in [1.54, 1.807) is 32.9 Å². The highest BCUT2D eigenvalue weighted by atomic mass is 16.5. The minimum atomic E-state index is -1.15. The van der Waals surface area contributed by atoms with Crippen LogP contribution in [0, 0.1) is 13.8 Å². The zero-order valence-corrected chi connectivity index (χ0v) is 12.4. The van der Waals surface area contributed by atoms with Gasteiger partial charge < -0.3 is 15.2 Å². The second kappa shape index (κ2) is 7.42. The Balaban J connectivity index is 2.85. The number of nitrogens with one attached hydrogen (secondary N) is 1. The van der Waals surface area contributed by atoms with E-state index in [0.717, 1.165) is 0 Å². The summed E-state index contributed by atoms with van der Waals surface area (Å²) in [6, 6.07) is 3.36. The van der Waals surface area contributed by atoms with E-state index in [4.69, 9.17) is 4.74 Å². The number of ether oxygens (including phenoxy) is 1. The number of carbonyl (C=O) groups is 3. The molecule has 0 fully saturated rings. The van der Waals surface area contributed by atoms with Crippen LogP contribution in [0.4, 0.5) is 0 Å². The molecule has 0 aromatic heterocycles. The highest BCUT2D eigenvalue weighted by molar-refractivity contribution is 6.06. The van der Waals surface area contributed by atoms with Gasteiger partial charge in [0, 0.05) is 6.54 Å². The van der Waals surface area contributed by atoms with Crippen molar-refractivity contribution >= 4 is 17.8 Å². The van der Waals surface area contributed by atoms with Crippen LogP contribution in [0.1, 0.15) is 45.2 Å². The number of benzene rings is 1. The molecule has 0 aliphatic carbocycles. The average molecular weight is 293 g/mol. The second-order valence-corrected chi connectivity index (χ2v) is 4.57. The third-order valence-electron chi connectivity index (χ3n) is 2.98. The molecular formula is C15H19NO5. The van der Waals surface area contributed by atoms with Crippen LogP contribution < -0.4 is 5.32 Å². The Morgan fingerprint density at radius 1 is 1.14 bits per heavy atom. The summed E-state index contributed by atoms with van der Waals surface area (Å²) in [6.07, 6.45) is 0.0485. The number of aromatic carboxylic acids is 1. The molecule has 1 rings (SSSR count). The quantitative estimate of drug-likeness (QED) is 0.778. The van der Waals surface area contributed by atoms with Crippen molar-refractivity contribution in [3.8, 4) is 0 Å². The topological polar surface area (TPSA) is 92.7 Å². The molecule has 0 aliphatic rings. The van der Waals surface area contributed by atoms with Gasteiger partial charge in [-0.05, 0) is 31.9 Å². The molecule has 0 atom stereocenters. The van der Waals surface area contributed by atoms with Gasteiger partial charge >= 0.3 is 11.9 Å². The number of amides is 1. The molecule has 114 valence electrons. The fourth-order valence-electron chi connectivity index (χ4n) is 1.98. The summed E-state index contributed by atoms with van der Waals surface area (Å²) in [4.78, 5) is 34.7. The number of aryl methyl sites for hydroxylation is 2. The summed E-state index contributed by atoms with van der Waals surface area (Å²) in [5.41, 5.74) is 1.21. The van der Waals surface area contributed by atoms with Gasteiger partial charge in [0.15, 0.2) is 0 Å². The van der Waals surface area contributed by atoms with Gasteiger partial charge in [-0.1, -0.05) is 12.1 Å². The normalized spacial score (nSPS) is 10.0. The molecule has 1 aromatic carbocycles. The van der Waals surface area contributed by atoms with Gasteiger partial charge in [-0.25, -0.2) is 4.79 Å². The van der Waals surface area contributed by atoms with Crippen LogP contribution in [0.25, 0.3) is 0 Å². The average Bonchev–Trinajstić information content (AvgIpc) is 2.40.